The topological polar surface area (TPSA) is 55.2 Å². The Hall–Kier alpha value is -1.31. The van der Waals surface area contributed by atoms with Crippen LogP contribution >= 0.6 is 15.9 Å². The van der Waals surface area contributed by atoms with Crippen molar-refractivity contribution in [1.82, 2.24) is 0 Å². The Morgan fingerprint density at radius 1 is 1.47 bits per heavy atom. The van der Waals surface area contributed by atoms with Crippen LogP contribution in [0.1, 0.15) is 5.56 Å². The molecule has 17 heavy (non-hydrogen) atoms. The summed E-state index contributed by atoms with van der Waals surface area (Å²) in [7, 11) is 1.41. The van der Waals surface area contributed by atoms with E-state index in [1.54, 1.807) is 0 Å². The zero-order chi connectivity index (χ0) is 13.2. The molecule has 1 aromatic rings. The van der Waals surface area contributed by atoms with Crippen molar-refractivity contribution < 1.29 is 18.1 Å². The van der Waals surface area contributed by atoms with Gasteiger partial charge < -0.3 is 5.32 Å². The van der Waals surface area contributed by atoms with Gasteiger partial charge in [-0.2, -0.15) is 13.2 Å². The molecule has 0 aliphatic rings. The molecule has 0 saturated heterocycles. The molecule has 0 radical (unpaired) electrons. The summed E-state index contributed by atoms with van der Waals surface area (Å²) in [5.41, 5.74) is -0.883. The van der Waals surface area contributed by atoms with Gasteiger partial charge in [-0.25, -0.2) is 0 Å². The number of hydrogen-bond donors (Lipinski definition) is 1. The average Bonchev–Trinajstić information content (AvgIpc) is 2.18. The quantitative estimate of drug-likeness (QED) is 0.686. The van der Waals surface area contributed by atoms with Gasteiger partial charge >= 0.3 is 6.18 Å². The fraction of sp³-hybridized carbons (Fsp3) is 0.333. The molecule has 8 heteroatoms. The minimum Gasteiger partial charge on any atom is -0.383 e. The molecule has 0 heterocycles. The summed E-state index contributed by atoms with van der Waals surface area (Å²) in [5, 5.41) is 13.3. The molecule has 0 unspecified atom stereocenters. The lowest BCUT2D eigenvalue weighted by molar-refractivity contribution is -0.385. The second-order valence-electron chi connectivity index (χ2n) is 3.22. The van der Waals surface area contributed by atoms with Crippen LogP contribution < -0.4 is 5.32 Å². The Morgan fingerprint density at radius 2 is 2.06 bits per heavy atom. The summed E-state index contributed by atoms with van der Waals surface area (Å²) in [6.45, 7) is 0. The maximum atomic E-state index is 12.3. The molecule has 4 nitrogen and oxygen atoms in total. The zero-order valence-corrected chi connectivity index (χ0v) is 10.2. The third-order valence-electron chi connectivity index (χ3n) is 2.05. The Bertz CT molecular complexity index is 449. The van der Waals surface area contributed by atoms with Crippen molar-refractivity contribution in [2.75, 3.05) is 12.4 Å². The first kappa shape index (κ1) is 13.8. The molecule has 1 aromatic carbocycles. The Labute approximate surface area is 103 Å². The summed E-state index contributed by atoms with van der Waals surface area (Å²) < 4.78 is 37.1. The molecule has 0 atom stereocenters. The fourth-order valence-electron chi connectivity index (χ4n) is 1.39. The van der Waals surface area contributed by atoms with Crippen molar-refractivity contribution in [1.29, 1.82) is 0 Å². The van der Waals surface area contributed by atoms with Crippen molar-refractivity contribution in [3.05, 3.63) is 32.3 Å². The van der Waals surface area contributed by atoms with E-state index in [-0.39, 0.29) is 15.7 Å². The Morgan fingerprint density at radius 3 is 2.47 bits per heavy atom. The summed E-state index contributed by atoms with van der Waals surface area (Å²) in [4.78, 5) is 10.00. The van der Waals surface area contributed by atoms with Crippen molar-refractivity contribution in [3.8, 4) is 0 Å². The van der Waals surface area contributed by atoms with Gasteiger partial charge in [0.15, 0.2) is 0 Å². The zero-order valence-electron chi connectivity index (χ0n) is 8.64. The molecule has 1 N–H and O–H groups in total. The van der Waals surface area contributed by atoms with Crippen LogP contribution in [0.5, 0.6) is 0 Å². The number of nitro groups is 1. The minimum absolute atomic E-state index is 0.0532. The maximum absolute atomic E-state index is 12.3. The van der Waals surface area contributed by atoms with Gasteiger partial charge in [-0.1, -0.05) is 15.9 Å². The molecular formula is C9H8BrF3N2O2. The summed E-state index contributed by atoms with van der Waals surface area (Å²) in [5.74, 6) is 0. The first-order valence-corrected chi connectivity index (χ1v) is 5.26. The number of nitrogens with one attached hydrogen (secondary N) is 1. The largest absolute Gasteiger partial charge is 0.393 e. The molecule has 0 aliphatic heterocycles. The van der Waals surface area contributed by atoms with Gasteiger partial charge in [0, 0.05) is 11.5 Å². The molecule has 0 fully saturated rings. The second kappa shape index (κ2) is 4.91. The van der Waals surface area contributed by atoms with Crippen molar-refractivity contribution >= 4 is 27.3 Å². The number of alkyl halides is 3. The number of nitro benzene ring substituents is 1. The van der Waals surface area contributed by atoms with E-state index in [9.17, 15) is 23.3 Å². The molecule has 0 spiro atoms. The molecule has 1 rings (SSSR count). The van der Waals surface area contributed by atoms with Crippen LogP contribution in [0.25, 0.3) is 0 Å². The van der Waals surface area contributed by atoms with E-state index < -0.39 is 23.2 Å². The number of anilines is 1. The van der Waals surface area contributed by atoms with E-state index in [0.717, 1.165) is 0 Å². The van der Waals surface area contributed by atoms with E-state index in [0.29, 0.717) is 0 Å². The molecule has 0 saturated carbocycles. The van der Waals surface area contributed by atoms with Crippen LogP contribution in [-0.2, 0) is 6.42 Å². The van der Waals surface area contributed by atoms with Crippen LogP contribution in [0, 0.1) is 10.1 Å². The van der Waals surface area contributed by atoms with Gasteiger partial charge in [-0.15, -0.1) is 0 Å². The number of rotatable bonds is 3. The Kier molecular flexibility index (Phi) is 3.97. The highest BCUT2D eigenvalue weighted by Crippen LogP contribution is 2.37. The number of benzene rings is 1. The normalized spacial score (nSPS) is 11.4. The lowest BCUT2D eigenvalue weighted by atomic mass is 10.1. The highest BCUT2D eigenvalue weighted by Gasteiger charge is 2.34. The van der Waals surface area contributed by atoms with E-state index in [4.69, 9.17) is 0 Å². The minimum atomic E-state index is -4.50. The highest BCUT2D eigenvalue weighted by molar-refractivity contribution is 9.10. The summed E-state index contributed by atoms with van der Waals surface area (Å²) >= 11 is 2.90. The number of halogens is 4. The molecular weight excluding hydrogens is 305 g/mol. The van der Waals surface area contributed by atoms with E-state index in [1.165, 1.54) is 19.2 Å². The van der Waals surface area contributed by atoms with Crippen LogP contribution in [0.4, 0.5) is 24.5 Å². The van der Waals surface area contributed by atoms with Gasteiger partial charge in [0.1, 0.15) is 5.69 Å². The third-order valence-corrected chi connectivity index (χ3v) is 2.80. The van der Waals surface area contributed by atoms with E-state index in [1.807, 2.05) is 0 Å². The smallest absolute Gasteiger partial charge is 0.383 e. The number of nitrogens with zero attached hydrogens (tertiary/aromatic N) is 1. The summed E-state index contributed by atoms with van der Waals surface area (Å²) in [6.07, 6.45) is -5.85. The first-order chi connectivity index (χ1) is 7.76. The highest BCUT2D eigenvalue weighted by atomic mass is 79.9. The van der Waals surface area contributed by atoms with Crippen LogP contribution in [0.2, 0.25) is 0 Å². The maximum Gasteiger partial charge on any atom is 0.393 e. The lowest BCUT2D eigenvalue weighted by Gasteiger charge is -2.11. The van der Waals surface area contributed by atoms with Crippen molar-refractivity contribution in [3.63, 3.8) is 0 Å². The molecule has 94 valence electrons. The molecule has 0 bridgehead atoms. The monoisotopic (exact) mass is 312 g/mol. The standard InChI is InChI=1S/C9H8BrF3N2O2/c1-14-7-3-2-6(10)5(4-9(11,12)13)8(7)15(16)17/h2-3,14H,4H2,1H3. The van der Waals surface area contributed by atoms with Crippen molar-refractivity contribution in [2.45, 2.75) is 12.6 Å². The fourth-order valence-corrected chi connectivity index (χ4v) is 1.85. The Balaban J connectivity index is 3.39. The summed E-state index contributed by atoms with van der Waals surface area (Å²) in [6, 6.07) is 2.70. The van der Waals surface area contributed by atoms with Gasteiger partial charge in [-0.05, 0) is 12.1 Å². The SMILES string of the molecule is CNc1ccc(Br)c(CC(F)(F)F)c1[N+](=O)[O-]. The first-order valence-electron chi connectivity index (χ1n) is 4.46. The van der Waals surface area contributed by atoms with Crippen LogP contribution in [0.3, 0.4) is 0 Å². The van der Waals surface area contributed by atoms with Gasteiger partial charge in [0.2, 0.25) is 0 Å². The van der Waals surface area contributed by atoms with Crippen LogP contribution in [-0.4, -0.2) is 18.1 Å². The number of hydrogen-bond acceptors (Lipinski definition) is 3. The van der Waals surface area contributed by atoms with Crippen molar-refractivity contribution in [2.24, 2.45) is 0 Å². The molecule has 0 aliphatic carbocycles. The average molecular weight is 313 g/mol. The molecule has 0 amide bonds. The van der Waals surface area contributed by atoms with Gasteiger partial charge in [0.05, 0.1) is 16.9 Å². The van der Waals surface area contributed by atoms with E-state index in [2.05, 4.69) is 21.2 Å². The third kappa shape index (κ3) is 3.32. The van der Waals surface area contributed by atoms with Gasteiger partial charge in [0.25, 0.3) is 5.69 Å². The molecule has 0 aromatic heterocycles. The van der Waals surface area contributed by atoms with E-state index >= 15 is 0 Å². The second-order valence-corrected chi connectivity index (χ2v) is 4.08. The predicted molar refractivity (Wildman–Crippen MR) is 60.1 cm³/mol. The van der Waals surface area contributed by atoms with Gasteiger partial charge in [-0.3, -0.25) is 10.1 Å². The lowest BCUT2D eigenvalue weighted by Crippen LogP contribution is -2.14. The predicted octanol–water partition coefficient (Wildman–Crippen LogP) is 3.50. The van der Waals surface area contributed by atoms with Crippen LogP contribution in [0.15, 0.2) is 16.6 Å².